The number of rotatable bonds is 63. The van der Waals surface area contributed by atoms with Gasteiger partial charge in [-0.15, -0.1) is 0 Å². The van der Waals surface area contributed by atoms with Crippen LogP contribution in [-0.4, -0.2) is 96.7 Å². The van der Waals surface area contributed by atoms with Gasteiger partial charge in [-0.3, -0.25) is 37.3 Å². The number of hydrogen-bond donors (Lipinski definition) is 3. The van der Waals surface area contributed by atoms with Crippen LogP contribution in [0.3, 0.4) is 0 Å². The van der Waals surface area contributed by atoms with Crippen LogP contribution in [0.25, 0.3) is 0 Å². The summed E-state index contributed by atoms with van der Waals surface area (Å²) in [6.07, 6.45) is 36.4. The standard InChI is InChI=1S/C66H128O17P2/c1-9-58(7)44-36-28-21-24-31-39-47-64(69)77-53-62(83-66(71)49-41-33-25-22-29-37-45-59(8)10-2)55-81-85(74,75)79-51-60(67)50-78-84(72,73)80-54-61(52-76-63(68)46-38-30-23-20-27-35-43-57(5)6)82-65(70)48-40-32-19-17-15-13-11-12-14-16-18-26-34-42-56(3)4/h56-62,67H,9-55H2,1-8H3,(H,72,73)(H,74,75)/t58?,59?,60-,61+,62+/m0/s1. The number of aliphatic hydroxyl groups excluding tert-OH is 1. The van der Waals surface area contributed by atoms with E-state index in [-0.39, 0.29) is 25.7 Å². The van der Waals surface area contributed by atoms with Crippen molar-refractivity contribution in [2.24, 2.45) is 23.7 Å². The zero-order valence-corrected chi connectivity index (χ0v) is 57.0. The molecule has 3 N–H and O–H groups in total. The number of carbonyl (C=O) groups is 4. The Labute approximate surface area is 517 Å². The third-order valence-electron chi connectivity index (χ3n) is 15.8. The Morgan fingerprint density at radius 1 is 0.329 bits per heavy atom. The van der Waals surface area contributed by atoms with Crippen LogP contribution >= 0.6 is 15.6 Å². The fourth-order valence-electron chi connectivity index (χ4n) is 9.72. The van der Waals surface area contributed by atoms with E-state index in [1.54, 1.807) is 0 Å². The Morgan fingerprint density at radius 3 is 0.835 bits per heavy atom. The molecular weight excluding hydrogens is 1130 g/mol. The summed E-state index contributed by atoms with van der Waals surface area (Å²) in [6.45, 7) is 14.0. The van der Waals surface area contributed by atoms with Crippen molar-refractivity contribution in [3.05, 3.63) is 0 Å². The summed E-state index contributed by atoms with van der Waals surface area (Å²) >= 11 is 0. The molecule has 85 heavy (non-hydrogen) atoms. The Morgan fingerprint density at radius 2 is 0.565 bits per heavy atom. The Bertz CT molecular complexity index is 1700. The minimum atomic E-state index is -4.95. The zero-order valence-electron chi connectivity index (χ0n) is 55.2. The number of hydrogen-bond acceptors (Lipinski definition) is 15. The van der Waals surface area contributed by atoms with Crippen molar-refractivity contribution in [2.45, 2.75) is 337 Å². The van der Waals surface area contributed by atoms with Crippen molar-refractivity contribution >= 4 is 39.5 Å². The van der Waals surface area contributed by atoms with Crippen molar-refractivity contribution < 1.29 is 80.2 Å². The topological polar surface area (TPSA) is 237 Å². The summed E-state index contributed by atoms with van der Waals surface area (Å²) in [5, 5.41) is 10.5. The minimum absolute atomic E-state index is 0.101. The highest BCUT2D eigenvalue weighted by molar-refractivity contribution is 7.47. The second-order valence-electron chi connectivity index (χ2n) is 25.3. The maximum Gasteiger partial charge on any atom is 0.472 e. The maximum atomic E-state index is 13.0. The van der Waals surface area contributed by atoms with Gasteiger partial charge >= 0.3 is 39.5 Å². The highest BCUT2D eigenvalue weighted by atomic mass is 31.2. The highest BCUT2D eigenvalue weighted by Crippen LogP contribution is 2.45. The molecule has 0 aromatic carbocycles. The molecule has 0 saturated carbocycles. The van der Waals surface area contributed by atoms with Gasteiger partial charge in [0.25, 0.3) is 0 Å². The summed E-state index contributed by atoms with van der Waals surface area (Å²) in [5.74, 6) is 0.776. The third kappa shape index (κ3) is 58.2. The third-order valence-corrected chi connectivity index (χ3v) is 17.7. The Hall–Kier alpha value is -1.94. The lowest BCUT2D eigenvalue weighted by Crippen LogP contribution is -2.30. The van der Waals surface area contributed by atoms with Crippen molar-refractivity contribution in [3.8, 4) is 0 Å². The summed E-state index contributed by atoms with van der Waals surface area (Å²) in [7, 11) is -9.89. The first kappa shape index (κ1) is 83.1. The van der Waals surface area contributed by atoms with Crippen molar-refractivity contribution in [1.82, 2.24) is 0 Å². The number of aliphatic hydroxyl groups is 1. The van der Waals surface area contributed by atoms with Crippen molar-refractivity contribution in [3.63, 3.8) is 0 Å². The summed E-state index contributed by atoms with van der Waals surface area (Å²) in [6, 6.07) is 0. The van der Waals surface area contributed by atoms with Gasteiger partial charge in [-0.1, -0.05) is 267 Å². The first-order chi connectivity index (χ1) is 40.7. The van der Waals surface area contributed by atoms with Crippen LogP contribution in [0.15, 0.2) is 0 Å². The number of carbonyl (C=O) groups excluding carboxylic acids is 4. The van der Waals surface area contributed by atoms with Gasteiger partial charge in [-0.25, -0.2) is 9.13 Å². The molecule has 0 heterocycles. The number of phosphoric ester groups is 2. The van der Waals surface area contributed by atoms with Gasteiger partial charge in [0.1, 0.15) is 19.3 Å². The second kappa shape index (κ2) is 56.1. The van der Waals surface area contributed by atoms with E-state index in [0.29, 0.717) is 31.6 Å². The maximum absolute atomic E-state index is 13.0. The molecule has 17 nitrogen and oxygen atoms in total. The predicted molar refractivity (Wildman–Crippen MR) is 340 cm³/mol. The lowest BCUT2D eigenvalue weighted by Gasteiger charge is -2.21. The molecular formula is C66H128O17P2. The molecule has 0 aliphatic carbocycles. The van der Waals surface area contributed by atoms with Crippen LogP contribution in [0.5, 0.6) is 0 Å². The molecule has 0 amide bonds. The molecule has 0 radical (unpaired) electrons. The molecule has 0 bridgehead atoms. The van der Waals surface area contributed by atoms with Crippen LogP contribution in [0.2, 0.25) is 0 Å². The lowest BCUT2D eigenvalue weighted by atomic mass is 10.00. The molecule has 0 spiro atoms. The summed E-state index contributed by atoms with van der Waals surface area (Å²) in [4.78, 5) is 72.3. The number of ether oxygens (including phenoxy) is 4. The van der Waals surface area contributed by atoms with Crippen LogP contribution in [0.1, 0.15) is 319 Å². The molecule has 0 rings (SSSR count). The quantitative estimate of drug-likeness (QED) is 0.0222. The van der Waals surface area contributed by atoms with Gasteiger partial charge in [0.2, 0.25) is 0 Å². The van der Waals surface area contributed by atoms with Crippen LogP contribution < -0.4 is 0 Å². The van der Waals surface area contributed by atoms with Crippen molar-refractivity contribution in [1.29, 1.82) is 0 Å². The molecule has 7 atom stereocenters. The van der Waals surface area contributed by atoms with E-state index in [1.165, 1.54) is 109 Å². The van der Waals surface area contributed by atoms with E-state index < -0.39 is 97.5 Å². The van der Waals surface area contributed by atoms with Crippen LogP contribution in [0, 0.1) is 23.7 Å². The predicted octanol–water partition coefficient (Wildman–Crippen LogP) is 18.1. The fourth-order valence-corrected chi connectivity index (χ4v) is 11.3. The summed E-state index contributed by atoms with van der Waals surface area (Å²) < 4.78 is 68.0. The monoisotopic (exact) mass is 1250 g/mol. The van der Waals surface area contributed by atoms with Crippen LogP contribution in [0.4, 0.5) is 0 Å². The van der Waals surface area contributed by atoms with Gasteiger partial charge in [-0.05, 0) is 49.4 Å². The first-order valence-corrected chi connectivity index (χ1v) is 37.3. The largest absolute Gasteiger partial charge is 0.472 e. The highest BCUT2D eigenvalue weighted by Gasteiger charge is 2.30. The molecule has 0 aliphatic rings. The second-order valence-corrected chi connectivity index (χ2v) is 28.2. The smallest absolute Gasteiger partial charge is 0.462 e. The number of unbranched alkanes of at least 4 members (excludes halogenated alkanes) is 27. The molecule has 504 valence electrons. The van der Waals surface area contributed by atoms with Crippen molar-refractivity contribution in [2.75, 3.05) is 39.6 Å². The SMILES string of the molecule is CCC(C)CCCCCCCCC(=O)OC[C@H](COP(=O)(O)OC[C@@H](O)COP(=O)(O)OC[C@@H](COC(=O)CCCCCCCCC(C)C)OC(=O)CCCCCCCCCCCCCCCC(C)C)OC(=O)CCCCCCCCC(C)CC. The van der Waals surface area contributed by atoms with Gasteiger partial charge in [-0.2, -0.15) is 0 Å². The fraction of sp³-hybridized carbons (Fsp3) is 0.939. The van der Waals surface area contributed by atoms with E-state index in [4.69, 9.17) is 37.0 Å². The number of esters is 4. The van der Waals surface area contributed by atoms with E-state index in [9.17, 15) is 43.2 Å². The van der Waals surface area contributed by atoms with E-state index >= 15 is 0 Å². The Balaban J connectivity index is 5.23. The van der Waals surface area contributed by atoms with Gasteiger partial charge in [0.15, 0.2) is 12.2 Å². The Kier molecular flexibility index (Phi) is 54.8. The van der Waals surface area contributed by atoms with Crippen LogP contribution in [-0.2, 0) is 65.4 Å². The normalized spacial score (nSPS) is 15.0. The molecule has 4 unspecified atom stereocenters. The molecule has 0 fully saturated rings. The average molecular weight is 1260 g/mol. The van der Waals surface area contributed by atoms with Gasteiger partial charge in [0.05, 0.1) is 26.4 Å². The van der Waals surface area contributed by atoms with Gasteiger partial charge < -0.3 is 33.8 Å². The first-order valence-electron chi connectivity index (χ1n) is 34.3. The van der Waals surface area contributed by atoms with E-state index in [1.807, 2.05) is 0 Å². The molecule has 0 aromatic heterocycles. The molecule has 19 heteroatoms. The van der Waals surface area contributed by atoms with Gasteiger partial charge in [0, 0.05) is 25.7 Å². The lowest BCUT2D eigenvalue weighted by molar-refractivity contribution is -0.161. The molecule has 0 saturated heterocycles. The zero-order chi connectivity index (χ0) is 63.2. The van der Waals surface area contributed by atoms with E-state index in [2.05, 4.69) is 55.4 Å². The molecule has 0 aliphatic heterocycles. The average Bonchev–Trinajstić information content (AvgIpc) is 3.54. The van der Waals surface area contributed by atoms with E-state index in [0.717, 1.165) is 120 Å². The minimum Gasteiger partial charge on any atom is -0.462 e. The number of phosphoric acid groups is 2. The summed E-state index contributed by atoms with van der Waals surface area (Å²) in [5.41, 5.74) is 0. The molecule has 0 aromatic rings.